The third kappa shape index (κ3) is 6.05. The molecule has 0 saturated heterocycles. The van der Waals surface area contributed by atoms with Crippen molar-refractivity contribution >= 4 is 21.7 Å². The number of nitrogens with one attached hydrogen (secondary N) is 1. The van der Waals surface area contributed by atoms with Gasteiger partial charge in [-0.25, -0.2) is 17.9 Å². The van der Waals surface area contributed by atoms with Crippen LogP contribution in [0.3, 0.4) is 0 Å². The van der Waals surface area contributed by atoms with Gasteiger partial charge in [-0.05, 0) is 48.4 Å². The number of ketones is 1. The zero-order valence-electron chi connectivity index (χ0n) is 13.9. The van der Waals surface area contributed by atoms with E-state index in [-0.39, 0.29) is 29.4 Å². The van der Waals surface area contributed by atoms with Gasteiger partial charge >= 0.3 is 0 Å². The number of hydrogen-bond acceptors (Lipinski definition) is 4. The Hall–Kier alpha value is -2.58. The van der Waals surface area contributed by atoms with Gasteiger partial charge in [0.15, 0.2) is 5.78 Å². The van der Waals surface area contributed by atoms with Crippen molar-refractivity contribution in [2.24, 2.45) is 5.14 Å². The van der Waals surface area contributed by atoms with E-state index < -0.39 is 15.8 Å². The highest BCUT2D eigenvalue weighted by atomic mass is 32.2. The van der Waals surface area contributed by atoms with Gasteiger partial charge in [-0.2, -0.15) is 0 Å². The van der Waals surface area contributed by atoms with Crippen LogP contribution in [0.5, 0.6) is 0 Å². The average Bonchev–Trinajstić information content (AvgIpc) is 2.60. The van der Waals surface area contributed by atoms with Crippen LogP contribution in [-0.2, 0) is 21.2 Å². The first-order chi connectivity index (χ1) is 12.3. The quantitative estimate of drug-likeness (QED) is 0.683. The van der Waals surface area contributed by atoms with Crippen LogP contribution in [0.25, 0.3) is 0 Å². The van der Waals surface area contributed by atoms with E-state index in [2.05, 4.69) is 5.32 Å². The highest BCUT2D eigenvalue weighted by Crippen LogP contribution is 2.09. The lowest BCUT2D eigenvalue weighted by Crippen LogP contribution is -2.26. The molecule has 0 spiro atoms. The van der Waals surface area contributed by atoms with Gasteiger partial charge in [-0.15, -0.1) is 0 Å². The van der Waals surface area contributed by atoms with Gasteiger partial charge in [0.25, 0.3) is 0 Å². The molecule has 0 bridgehead atoms. The SMILES string of the molecule is NS(=O)(=O)c1ccc(CCNC(=O)CCC(=O)c2ccc(F)cc2)cc1. The van der Waals surface area contributed by atoms with Crippen molar-refractivity contribution in [1.82, 2.24) is 5.32 Å². The lowest BCUT2D eigenvalue weighted by Gasteiger charge is -2.06. The van der Waals surface area contributed by atoms with Gasteiger partial charge < -0.3 is 5.32 Å². The number of amides is 1. The molecule has 0 unspecified atom stereocenters. The Morgan fingerprint density at radius 3 is 2.15 bits per heavy atom. The molecule has 0 aliphatic carbocycles. The summed E-state index contributed by atoms with van der Waals surface area (Å²) in [7, 11) is -3.72. The summed E-state index contributed by atoms with van der Waals surface area (Å²) in [5.74, 6) is -0.906. The fourth-order valence-electron chi connectivity index (χ4n) is 2.29. The first-order valence-corrected chi connectivity index (χ1v) is 9.47. The number of rotatable bonds is 8. The molecular weight excluding hydrogens is 359 g/mol. The molecule has 0 radical (unpaired) electrons. The summed E-state index contributed by atoms with van der Waals surface area (Å²) in [6, 6.07) is 11.3. The molecule has 26 heavy (non-hydrogen) atoms. The average molecular weight is 378 g/mol. The second-order valence-electron chi connectivity index (χ2n) is 5.72. The molecule has 2 rings (SSSR count). The second kappa shape index (κ2) is 8.68. The number of sulfonamides is 1. The number of Topliss-reactive ketones (excluding diaryl/α,β-unsaturated/α-hetero) is 1. The normalized spacial score (nSPS) is 11.2. The van der Waals surface area contributed by atoms with Gasteiger partial charge in [-0.1, -0.05) is 12.1 Å². The minimum Gasteiger partial charge on any atom is -0.356 e. The molecule has 0 heterocycles. The first kappa shape index (κ1) is 19.7. The van der Waals surface area contributed by atoms with Crippen LogP contribution in [0, 0.1) is 5.82 Å². The molecule has 0 fully saturated rings. The van der Waals surface area contributed by atoms with Gasteiger partial charge in [0.1, 0.15) is 5.82 Å². The number of benzene rings is 2. The van der Waals surface area contributed by atoms with Gasteiger partial charge in [-0.3, -0.25) is 9.59 Å². The van der Waals surface area contributed by atoms with Crippen LogP contribution in [0.15, 0.2) is 53.4 Å². The first-order valence-electron chi connectivity index (χ1n) is 7.93. The molecule has 0 saturated carbocycles. The van der Waals surface area contributed by atoms with Gasteiger partial charge in [0, 0.05) is 24.9 Å². The van der Waals surface area contributed by atoms with E-state index in [1.54, 1.807) is 12.1 Å². The number of carbonyl (C=O) groups is 2. The van der Waals surface area contributed by atoms with Crippen molar-refractivity contribution in [3.05, 3.63) is 65.5 Å². The van der Waals surface area contributed by atoms with Crippen molar-refractivity contribution in [3.8, 4) is 0 Å². The highest BCUT2D eigenvalue weighted by molar-refractivity contribution is 7.89. The van der Waals surface area contributed by atoms with Gasteiger partial charge in [0.05, 0.1) is 4.90 Å². The Balaban J connectivity index is 1.73. The molecule has 138 valence electrons. The summed E-state index contributed by atoms with van der Waals surface area (Å²) in [4.78, 5) is 23.7. The maximum atomic E-state index is 12.8. The van der Waals surface area contributed by atoms with Crippen LogP contribution in [0.1, 0.15) is 28.8 Å². The fraction of sp³-hybridized carbons (Fsp3) is 0.222. The zero-order chi connectivity index (χ0) is 19.2. The van der Waals surface area contributed by atoms with Crippen molar-refractivity contribution in [3.63, 3.8) is 0 Å². The Morgan fingerprint density at radius 2 is 1.58 bits per heavy atom. The van der Waals surface area contributed by atoms with E-state index in [1.807, 2.05) is 0 Å². The lowest BCUT2D eigenvalue weighted by atomic mass is 10.1. The third-order valence-corrected chi connectivity index (χ3v) is 4.66. The summed E-state index contributed by atoms with van der Waals surface area (Å²) >= 11 is 0. The highest BCUT2D eigenvalue weighted by Gasteiger charge is 2.10. The Kier molecular flexibility index (Phi) is 6.59. The van der Waals surface area contributed by atoms with Crippen LogP contribution in [-0.4, -0.2) is 26.7 Å². The summed E-state index contributed by atoms with van der Waals surface area (Å²) < 4.78 is 35.1. The van der Waals surface area contributed by atoms with Crippen LogP contribution in [0.4, 0.5) is 4.39 Å². The molecule has 2 aromatic carbocycles. The van der Waals surface area contributed by atoms with Crippen molar-refractivity contribution in [1.29, 1.82) is 0 Å². The minimum absolute atomic E-state index is 0.0320. The number of halogens is 1. The topological polar surface area (TPSA) is 106 Å². The number of nitrogens with two attached hydrogens (primary N) is 1. The molecule has 1 amide bonds. The number of primary sulfonamides is 1. The zero-order valence-corrected chi connectivity index (χ0v) is 14.8. The molecule has 3 N–H and O–H groups in total. The lowest BCUT2D eigenvalue weighted by molar-refractivity contribution is -0.121. The van der Waals surface area contributed by atoms with Gasteiger partial charge in [0.2, 0.25) is 15.9 Å². The monoisotopic (exact) mass is 378 g/mol. The molecule has 8 heteroatoms. The molecule has 2 aromatic rings. The maximum Gasteiger partial charge on any atom is 0.238 e. The van der Waals surface area contributed by atoms with Crippen molar-refractivity contribution < 1.29 is 22.4 Å². The van der Waals surface area contributed by atoms with Crippen LogP contribution >= 0.6 is 0 Å². The molecule has 6 nitrogen and oxygen atoms in total. The second-order valence-corrected chi connectivity index (χ2v) is 7.28. The Morgan fingerprint density at radius 1 is 0.962 bits per heavy atom. The predicted molar refractivity (Wildman–Crippen MR) is 94.5 cm³/mol. The van der Waals surface area contributed by atoms with E-state index in [9.17, 15) is 22.4 Å². The van der Waals surface area contributed by atoms with E-state index in [1.165, 1.54) is 36.4 Å². The van der Waals surface area contributed by atoms with E-state index in [4.69, 9.17) is 5.14 Å². The predicted octanol–water partition coefficient (Wildman–Crippen LogP) is 1.79. The van der Waals surface area contributed by atoms with Crippen molar-refractivity contribution in [2.45, 2.75) is 24.2 Å². The molecular formula is C18H19FN2O4S. The standard InChI is InChI=1S/C18H19FN2O4S/c19-15-5-3-14(4-6-15)17(22)9-10-18(23)21-12-11-13-1-7-16(8-2-13)26(20,24)25/h1-8H,9-12H2,(H,21,23)(H2,20,24,25). The van der Waals surface area contributed by atoms with Crippen molar-refractivity contribution in [2.75, 3.05) is 6.54 Å². The molecule has 0 aliphatic rings. The summed E-state index contributed by atoms with van der Waals surface area (Å²) in [6.07, 6.45) is 0.601. The van der Waals surface area contributed by atoms with E-state index >= 15 is 0 Å². The smallest absolute Gasteiger partial charge is 0.238 e. The van der Waals surface area contributed by atoms with Crippen LogP contribution in [0.2, 0.25) is 0 Å². The Labute approximate surface area is 151 Å². The summed E-state index contributed by atoms with van der Waals surface area (Å²) in [5, 5.41) is 7.72. The summed E-state index contributed by atoms with van der Waals surface area (Å²) in [6.45, 7) is 0.359. The summed E-state index contributed by atoms with van der Waals surface area (Å²) in [5.41, 5.74) is 1.22. The number of hydrogen-bond donors (Lipinski definition) is 2. The van der Waals surface area contributed by atoms with Crippen LogP contribution < -0.4 is 10.5 Å². The fourth-order valence-corrected chi connectivity index (χ4v) is 2.80. The minimum atomic E-state index is -3.72. The number of carbonyl (C=O) groups excluding carboxylic acids is 2. The molecule has 0 aliphatic heterocycles. The third-order valence-electron chi connectivity index (χ3n) is 3.73. The van der Waals surface area contributed by atoms with E-state index in [0.717, 1.165) is 5.56 Å². The van der Waals surface area contributed by atoms with E-state index in [0.29, 0.717) is 18.5 Å². The molecule has 0 aromatic heterocycles. The Bertz CT molecular complexity index is 878. The largest absolute Gasteiger partial charge is 0.356 e. The molecule has 0 atom stereocenters. The maximum absolute atomic E-state index is 12.8.